The van der Waals surface area contributed by atoms with Gasteiger partial charge in [0.15, 0.2) is 11.4 Å². The first-order valence-electron chi connectivity index (χ1n) is 10.1. The van der Waals surface area contributed by atoms with Gasteiger partial charge in [-0.2, -0.15) is 0 Å². The lowest BCUT2D eigenvalue weighted by Crippen LogP contribution is -2.33. The minimum atomic E-state index is -1.65. The molecule has 0 radical (unpaired) electrons. The van der Waals surface area contributed by atoms with Crippen LogP contribution in [0, 0.1) is 5.82 Å². The molecule has 3 aromatic rings. The first kappa shape index (κ1) is 21.3. The highest BCUT2D eigenvalue weighted by molar-refractivity contribution is 5.99. The summed E-state index contributed by atoms with van der Waals surface area (Å²) in [6.45, 7) is 2.49. The number of anilines is 2. The van der Waals surface area contributed by atoms with E-state index in [9.17, 15) is 14.4 Å². The number of esters is 3. The Morgan fingerprint density at radius 1 is 0.882 bits per heavy atom. The van der Waals surface area contributed by atoms with Crippen molar-refractivity contribution in [1.82, 2.24) is 0 Å². The van der Waals surface area contributed by atoms with Gasteiger partial charge in [-0.15, -0.1) is 0 Å². The van der Waals surface area contributed by atoms with Gasteiger partial charge in [0.05, 0.1) is 11.4 Å². The highest BCUT2D eigenvalue weighted by Gasteiger charge is 2.55. The smallest absolute Gasteiger partial charge is 0.343 e. The van der Waals surface area contributed by atoms with E-state index in [-0.39, 0.29) is 45.5 Å². The molecule has 1 spiro atoms. The van der Waals surface area contributed by atoms with E-state index in [0.717, 1.165) is 0 Å². The highest BCUT2D eigenvalue weighted by atomic mass is 19.1. The second-order valence-corrected chi connectivity index (χ2v) is 7.79. The van der Waals surface area contributed by atoms with Gasteiger partial charge in [-0.25, -0.2) is 9.18 Å². The molecular formula is C24H17FN2O7. The molecule has 2 aliphatic heterocycles. The third-order valence-electron chi connectivity index (χ3n) is 5.57. The van der Waals surface area contributed by atoms with Crippen molar-refractivity contribution in [2.24, 2.45) is 0 Å². The van der Waals surface area contributed by atoms with Crippen LogP contribution in [0.25, 0.3) is 0 Å². The summed E-state index contributed by atoms with van der Waals surface area (Å²) >= 11 is 0. The van der Waals surface area contributed by atoms with Crippen molar-refractivity contribution in [3.63, 3.8) is 0 Å². The van der Waals surface area contributed by atoms with Gasteiger partial charge in [0.1, 0.15) is 28.6 Å². The third kappa shape index (κ3) is 2.95. The molecule has 2 heterocycles. The molecule has 4 N–H and O–H groups in total. The van der Waals surface area contributed by atoms with Gasteiger partial charge in [0.25, 0.3) is 0 Å². The Morgan fingerprint density at radius 3 is 1.91 bits per heavy atom. The van der Waals surface area contributed by atoms with Crippen LogP contribution in [0.3, 0.4) is 0 Å². The normalized spacial score (nSPS) is 14.4. The van der Waals surface area contributed by atoms with E-state index in [1.165, 1.54) is 44.2 Å². The van der Waals surface area contributed by atoms with E-state index in [0.29, 0.717) is 11.1 Å². The van der Waals surface area contributed by atoms with Crippen molar-refractivity contribution >= 4 is 29.3 Å². The molecule has 0 atom stereocenters. The molecule has 0 saturated heterocycles. The molecule has 0 amide bonds. The minimum absolute atomic E-state index is 0.0726. The Balaban J connectivity index is 1.82. The number of hydrogen-bond acceptors (Lipinski definition) is 9. The zero-order chi connectivity index (χ0) is 24.4. The first-order valence-corrected chi connectivity index (χ1v) is 10.1. The first-order chi connectivity index (χ1) is 16.1. The summed E-state index contributed by atoms with van der Waals surface area (Å²) in [5.41, 5.74) is 10.1. The number of nitrogens with two attached hydrogens (primary N) is 2. The molecule has 0 bridgehead atoms. The highest BCUT2D eigenvalue weighted by Crippen LogP contribution is 2.58. The summed E-state index contributed by atoms with van der Waals surface area (Å²) < 4.78 is 37.2. The van der Waals surface area contributed by atoms with Crippen molar-refractivity contribution in [2.45, 2.75) is 19.4 Å². The standard InChI is InChI=1S/C24H17FN2O7/c1-10(28)31-12-3-5-14-18(7-12)33-19-8-13(32-11(2)29)4-6-15(19)24(14)16-9-17(26)22(27)21(25)20(16)23(30)34-24/h3-9H,26-27H2,1-2H3. The van der Waals surface area contributed by atoms with Crippen LogP contribution in [-0.2, 0) is 19.9 Å². The molecule has 0 aliphatic carbocycles. The largest absolute Gasteiger partial charge is 0.456 e. The maximum Gasteiger partial charge on any atom is 0.343 e. The molecule has 3 aromatic carbocycles. The average Bonchev–Trinajstić information content (AvgIpc) is 3.03. The Bertz CT molecular complexity index is 1370. The van der Waals surface area contributed by atoms with Gasteiger partial charge < -0.3 is 30.4 Å². The SMILES string of the molecule is CC(=O)Oc1ccc2c(c1)Oc1cc(OC(C)=O)ccc1C21OC(=O)c2c1cc(N)c(N)c2F. The fourth-order valence-corrected chi connectivity index (χ4v) is 4.29. The summed E-state index contributed by atoms with van der Waals surface area (Å²) in [6.07, 6.45) is 0. The monoisotopic (exact) mass is 464 g/mol. The van der Waals surface area contributed by atoms with Crippen LogP contribution in [-0.4, -0.2) is 17.9 Å². The van der Waals surface area contributed by atoms with Crippen molar-refractivity contribution in [2.75, 3.05) is 11.5 Å². The van der Waals surface area contributed by atoms with Crippen LogP contribution < -0.4 is 25.7 Å². The Hall–Kier alpha value is -4.60. The Kier molecular flexibility index (Phi) is 4.50. The Labute approximate surface area is 192 Å². The molecule has 0 saturated carbocycles. The van der Waals surface area contributed by atoms with Gasteiger partial charge in [-0.1, -0.05) is 0 Å². The molecule has 2 aliphatic rings. The van der Waals surface area contributed by atoms with Crippen LogP contribution >= 0.6 is 0 Å². The number of carbonyl (C=O) groups is 3. The van der Waals surface area contributed by atoms with Gasteiger partial charge in [0, 0.05) is 42.7 Å². The average molecular weight is 464 g/mol. The van der Waals surface area contributed by atoms with E-state index >= 15 is 4.39 Å². The lowest BCUT2D eigenvalue weighted by Gasteiger charge is -2.36. The predicted octanol–water partition coefficient (Wildman–Crippen LogP) is 3.41. The molecule has 5 rings (SSSR count). The van der Waals surface area contributed by atoms with Crippen LogP contribution in [0.4, 0.5) is 15.8 Å². The van der Waals surface area contributed by atoms with E-state index < -0.39 is 29.3 Å². The molecule has 0 fully saturated rings. The number of benzene rings is 3. The zero-order valence-corrected chi connectivity index (χ0v) is 17.9. The van der Waals surface area contributed by atoms with Crippen molar-refractivity contribution in [3.8, 4) is 23.0 Å². The molecule has 172 valence electrons. The Morgan fingerprint density at radius 2 is 1.41 bits per heavy atom. The van der Waals surface area contributed by atoms with Gasteiger partial charge in [-0.3, -0.25) is 9.59 Å². The summed E-state index contributed by atoms with van der Waals surface area (Å²) in [6, 6.07) is 10.3. The predicted molar refractivity (Wildman–Crippen MR) is 116 cm³/mol. The summed E-state index contributed by atoms with van der Waals surface area (Å²) in [5, 5.41) is 0. The van der Waals surface area contributed by atoms with E-state index in [1.54, 1.807) is 12.1 Å². The maximum atomic E-state index is 15.1. The molecule has 10 heteroatoms. The quantitative estimate of drug-likeness (QED) is 0.332. The van der Waals surface area contributed by atoms with E-state index in [1.807, 2.05) is 0 Å². The van der Waals surface area contributed by atoms with Crippen LogP contribution in [0.1, 0.15) is 40.9 Å². The number of rotatable bonds is 2. The number of hydrogen-bond donors (Lipinski definition) is 2. The summed E-state index contributed by atoms with van der Waals surface area (Å²) in [4.78, 5) is 35.8. The minimum Gasteiger partial charge on any atom is -0.456 e. The van der Waals surface area contributed by atoms with Gasteiger partial charge in [-0.05, 0) is 30.3 Å². The second kappa shape index (κ2) is 7.20. The maximum absolute atomic E-state index is 15.1. The zero-order valence-electron chi connectivity index (χ0n) is 17.9. The lowest BCUT2D eigenvalue weighted by atomic mass is 9.77. The number of fused-ring (bicyclic) bond motifs is 6. The van der Waals surface area contributed by atoms with Crippen molar-refractivity contribution < 1.29 is 37.7 Å². The number of carbonyl (C=O) groups excluding carboxylic acids is 3. The summed E-state index contributed by atoms with van der Waals surface area (Å²) in [5.74, 6) is -2.34. The fourth-order valence-electron chi connectivity index (χ4n) is 4.29. The topological polar surface area (TPSA) is 140 Å². The van der Waals surface area contributed by atoms with Crippen molar-refractivity contribution in [1.29, 1.82) is 0 Å². The van der Waals surface area contributed by atoms with Crippen LogP contribution in [0.15, 0.2) is 42.5 Å². The molecular weight excluding hydrogens is 447 g/mol. The molecule has 34 heavy (non-hydrogen) atoms. The number of ether oxygens (including phenoxy) is 4. The van der Waals surface area contributed by atoms with Gasteiger partial charge in [0.2, 0.25) is 0 Å². The second-order valence-electron chi connectivity index (χ2n) is 7.79. The lowest BCUT2D eigenvalue weighted by molar-refractivity contribution is -0.132. The molecule has 9 nitrogen and oxygen atoms in total. The number of halogens is 1. The number of nitrogen functional groups attached to an aromatic ring is 2. The van der Waals surface area contributed by atoms with E-state index in [2.05, 4.69) is 0 Å². The van der Waals surface area contributed by atoms with E-state index in [4.69, 9.17) is 30.4 Å². The fraction of sp³-hybridized carbons (Fsp3) is 0.125. The van der Waals surface area contributed by atoms with Crippen molar-refractivity contribution in [3.05, 3.63) is 70.5 Å². The molecule has 0 unspecified atom stereocenters. The third-order valence-corrected chi connectivity index (χ3v) is 5.57. The summed E-state index contributed by atoms with van der Waals surface area (Å²) in [7, 11) is 0. The van der Waals surface area contributed by atoms with Gasteiger partial charge >= 0.3 is 17.9 Å². The van der Waals surface area contributed by atoms with Crippen LogP contribution in [0.5, 0.6) is 23.0 Å². The molecule has 0 aromatic heterocycles. The van der Waals surface area contributed by atoms with Crippen LogP contribution in [0.2, 0.25) is 0 Å².